The van der Waals surface area contributed by atoms with Crippen molar-refractivity contribution < 1.29 is 4.74 Å². The summed E-state index contributed by atoms with van der Waals surface area (Å²) < 4.78 is 5.56. The van der Waals surface area contributed by atoms with E-state index in [4.69, 9.17) is 16.3 Å². The van der Waals surface area contributed by atoms with Gasteiger partial charge in [0.15, 0.2) is 0 Å². The third-order valence-corrected chi connectivity index (χ3v) is 3.78. The normalized spacial score (nSPS) is 23.6. The summed E-state index contributed by atoms with van der Waals surface area (Å²) in [6, 6.07) is 0. The maximum atomic E-state index is 6.13. The van der Waals surface area contributed by atoms with Crippen LogP contribution in [0, 0.1) is 5.92 Å². The molecular weight excluding hydrogens is 250 g/mol. The molecule has 0 bridgehead atoms. The summed E-state index contributed by atoms with van der Waals surface area (Å²) in [6.45, 7) is 8.03. The topological polar surface area (TPSA) is 47.0 Å². The van der Waals surface area contributed by atoms with E-state index in [2.05, 4.69) is 36.1 Å². The molecule has 0 radical (unpaired) electrons. The van der Waals surface area contributed by atoms with Gasteiger partial charge in [-0.25, -0.2) is 9.97 Å². The van der Waals surface area contributed by atoms with Gasteiger partial charge in [-0.2, -0.15) is 0 Å². The second-order valence-electron chi connectivity index (χ2n) is 5.09. The maximum Gasteiger partial charge on any atom is 0.138 e. The van der Waals surface area contributed by atoms with Gasteiger partial charge in [0.05, 0.1) is 6.10 Å². The zero-order valence-corrected chi connectivity index (χ0v) is 11.9. The van der Waals surface area contributed by atoms with E-state index in [1.165, 1.54) is 6.33 Å². The Morgan fingerprint density at radius 3 is 2.89 bits per heavy atom. The number of hydrogen-bond acceptors (Lipinski definition) is 4. The third-order valence-electron chi connectivity index (χ3n) is 3.48. The number of nitrogens with zero attached hydrogens (tertiary/aromatic N) is 2. The zero-order chi connectivity index (χ0) is 13.1. The van der Waals surface area contributed by atoms with Gasteiger partial charge in [-0.3, -0.25) is 0 Å². The van der Waals surface area contributed by atoms with Crippen LogP contribution in [0.15, 0.2) is 6.33 Å². The molecule has 2 heterocycles. The molecule has 1 saturated heterocycles. The monoisotopic (exact) mass is 269 g/mol. The second-order valence-corrected chi connectivity index (χ2v) is 5.45. The van der Waals surface area contributed by atoms with Gasteiger partial charge in [-0.05, 0) is 19.3 Å². The average molecular weight is 270 g/mol. The predicted molar refractivity (Wildman–Crippen MR) is 73.1 cm³/mol. The fraction of sp³-hybridized carbons (Fsp3) is 0.692. The lowest BCUT2D eigenvalue weighted by molar-refractivity contribution is 0.108. The fourth-order valence-corrected chi connectivity index (χ4v) is 2.65. The van der Waals surface area contributed by atoms with Gasteiger partial charge in [-0.1, -0.05) is 25.4 Å². The highest BCUT2D eigenvalue weighted by atomic mass is 35.5. The van der Waals surface area contributed by atoms with Gasteiger partial charge in [0.1, 0.15) is 17.3 Å². The Morgan fingerprint density at radius 2 is 2.28 bits per heavy atom. The van der Waals surface area contributed by atoms with Crippen LogP contribution in [0.2, 0.25) is 5.15 Å². The Balaban J connectivity index is 2.07. The molecule has 5 heteroatoms. The molecule has 0 aromatic carbocycles. The molecule has 0 saturated carbocycles. The number of halogens is 1. The molecular formula is C13H20ClN3O. The average Bonchev–Trinajstić information content (AvgIpc) is 2.71. The minimum absolute atomic E-state index is 0.304. The standard InChI is InChI=1S/C13H20ClN3O/c1-8(2)11-12(14)16-7-17-13(11)15-6-10-4-5-18-9(10)3/h7-10H,4-6H2,1-3H3,(H,15,16,17). The molecule has 2 rings (SSSR count). The van der Waals surface area contributed by atoms with E-state index >= 15 is 0 Å². The van der Waals surface area contributed by atoms with Crippen LogP contribution < -0.4 is 5.32 Å². The largest absolute Gasteiger partial charge is 0.378 e. The lowest BCUT2D eigenvalue weighted by atomic mass is 10.0. The van der Waals surface area contributed by atoms with Gasteiger partial charge < -0.3 is 10.1 Å². The molecule has 4 nitrogen and oxygen atoms in total. The first-order valence-corrected chi connectivity index (χ1v) is 6.83. The van der Waals surface area contributed by atoms with Crippen LogP contribution in [0.25, 0.3) is 0 Å². The van der Waals surface area contributed by atoms with E-state index < -0.39 is 0 Å². The number of nitrogens with one attached hydrogen (secondary N) is 1. The van der Waals surface area contributed by atoms with E-state index in [9.17, 15) is 0 Å². The van der Waals surface area contributed by atoms with Crippen LogP contribution in [-0.4, -0.2) is 29.2 Å². The van der Waals surface area contributed by atoms with E-state index in [1.807, 2.05) is 0 Å². The van der Waals surface area contributed by atoms with Gasteiger partial charge in [0.2, 0.25) is 0 Å². The van der Waals surface area contributed by atoms with Crippen LogP contribution in [-0.2, 0) is 4.74 Å². The molecule has 1 aromatic rings. The molecule has 100 valence electrons. The van der Waals surface area contributed by atoms with E-state index in [0.717, 1.165) is 31.0 Å². The summed E-state index contributed by atoms with van der Waals surface area (Å²) in [5.74, 6) is 1.70. The number of ether oxygens (including phenoxy) is 1. The predicted octanol–water partition coefficient (Wildman–Crippen LogP) is 3.09. The second kappa shape index (κ2) is 5.85. The number of hydrogen-bond donors (Lipinski definition) is 1. The van der Waals surface area contributed by atoms with Crippen molar-refractivity contribution >= 4 is 17.4 Å². The zero-order valence-electron chi connectivity index (χ0n) is 11.1. The lowest BCUT2D eigenvalue weighted by Crippen LogP contribution is -2.22. The molecule has 1 N–H and O–H groups in total. The van der Waals surface area contributed by atoms with E-state index in [0.29, 0.717) is 23.1 Å². The van der Waals surface area contributed by atoms with Crippen LogP contribution in [0.3, 0.4) is 0 Å². The third kappa shape index (κ3) is 2.93. The Bertz CT molecular complexity index is 411. The van der Waals surface area contributed by atoms with Crippen molar-refractivity contribution in [1.29, 1.82) is 0 Å². The van der Waals surface area contributed by atoms with Gasteiger partial charge in [0.25, 0.3) is 0 Å². The Kier molecular flexibility index (Phi) is 4.40. The van der Waals surface area contributed by atoms with Gasteiger partial charge in [-0.15, -0.1) is 0 Å². The van der Waals surface area contributed by atoms with Crippen molar-refractivity contribution in [2.45, 2.75) is 39.2 Å². The Labute approximate surface area is 113 Å². The molecule has 1 aliphatic rings. The van der Waals surface area contributed by atoms with Crippen LogP contribution in [0.1, 0.15) is 38.7 Å². The summed E-state index contributed by atoms with van der Waals surface area (Å²) in [7, 11) is 0. The first kappa shape index (κ1) is 13.6. The first-order valence-electron chi connectivity index (χ1n) is 6.45. The quantitative estimate of drug-likeness (QED) is 0.854. The van der Waals surface area contributed by atoms with Crippen molar-refractivity contribution in [3.8, 4) is 0 Å². The molecule has 1 aromatic heterocycles. The Morgan fingerprint density at radius 1 is 1.50 bits per heavy atom. The summed E-state index contributed by atoms with van der Waals surface area (Å²) >= 11 is 6.13. The first-order chi connectivity index (χ1) is 8.59. The summed E-state index contributed by atoms with van der Waals surface area (Å²) in [6.07, 6.45) is 2.92. The van der Waals surface area contributed by atoms with E-state index in [-0.39, 0.29) is 0 Å². The van der Waals surface area contributed by atoms with Crippen molar-refractivity contribution in [1.82, 2.24) is 9.97 Å². The highest BCUT2D eigenvalue weighted by Crippen LogP contribution is 2.29. The summed E-state index contributed by atoms with van der Waals surface area (Å²) in [4.78, 5) is 8.34. The van der Waals surface area contributed by atoms with Crippen LogP contribution in [0.5, 0.6) is 0 Å². The van der Waals surface area contributed by atoms with Crippen molar-refractivity contribution in [3.05, 3.63) is 17.0 Å². The summed E-state index contributed by atoms with van der Waals surface area (Å²) in [5.41, 5.74) is 0.991. The molecule has 0 amide bonds. The number of aromatic nitrogens is 2. The van der Waals surface area contributed by atoms with Crippen molar-refractivity contribution in [2.24, 2.45) is 5.92 Å². The minimum Gasteiger partial charge on any atom is -0.378 e. The molecule has 0 aliphatic carbocycles. The van der Waals surface area contributed by atoms with Gasteiger partial charge >= 0.3 is 0 Å². The molecule has 2 atom stereocenters. The fourth-order valence-electron chi connectivity index (χ4n) is 2.30. The minimum atomic E-state index is 0.304. The molecule has 0 spiro atoms. The molecule has 1 aliphatic heterocycles. The number of rotatable bonds is 4. The van der Waals surface area contributed by atoms with Crippen LogP contribution >= 0.6 is 11.6 Å². The highest BCUT2D eigenvalue weighted by Gasteiger charge is 2.24. The molecule has 1 fully saturated rings. The number of anilines is 1. The van der Waals surface area contributed by atoms with Crippen molar-refractivity contribution in [3.63, 3.8) is 0 Å². The van der Waals surface area contributed by atoms with Crippen molar-refractivity contribution in [2.75, 3.05) is 18.5 Å². The molecule has 2 unspecified atom stereocenters. The van der Waals surface area contributed by atoms with Gasteiger partial charge in [0, 0.05) is 24.6 Å². The van der Waals surface area contributed by atoms with E-state index in [1.54, 1.807) is 0 Å². The smallest absolute Gasteiger partial charge is 0.138 e. The lowest BCUT2D eigenvalue weighted by Gasteiger charge is -2.18. The summed E-state index contributed by atoms with van der Waals surface area (Å²) in [5, 5.41) is 3.93. The SMILES string of the molecule is CC(C)c1c(Cl)ncnc1NCC1CCOC1C. The maximum absolute atomic E-state index is 6.13. The molecule has 18 heavy (non-hydrogen) atoms. The Hall–Kier alpha value is -0.870. The van der Waals surface area contributed by atoms with Crippen LogP contribution in [0.4, 0.5) is 5.82 Å². The highest BCUT2D eigenvalue weighted by molar-refractivity contribution is 6.30.